The topological polar surface area (TPSA) is 66.8 Å². The monoisotopic (exact) mass is 504 g/mol. The van der Waals surface area contributed by atoms with Crippen molar-refractivity contribution in [2.75, 3.05) is 19.8 Å². The highest BCUT2D eigenvalue weighted by Gasteiger charge is 2.17. The number of aryl methyl sites for hydroxylation is 2. The first-order chi connectivity index (χ1) is 17.4. The SMILES string of the molecule is C=C(C)C=O.CCCCOc1ccc(CCCCc2ccc(CC(CCO)CCO)c(F)c2F)cc1. The molecule has 2 rings (SSSR count). The van der Waals surface area contributed by atoms with Gasteiger partial charge < -0.3 is 14.9 Å². The molecule has 2 aromatic rings. The summed E-state index contributed by atoms with van der Waals surface area (Å²) in [4.78, 5) is 9.41. The standard InChI is InChI=1S/C26H36F2O3.C4H6O/c1-2-3-18-31-24-12-8-20(9-13-24)6-4-5-7-22-10-11-23(26(28)25(22)27)19-21(14-16-29)15-17-30;1-4(2)3-5/h8-13,21,29-30H,2-7,14-19H2,1H3;3H,1H2,2H3. The fourth-order valence-corrected chi connectivity index (χ4v) is 3.74. The van der Waals surface area contributed by atoms with Crippen LogP contribution in [-0.2, 0) is 24.1 Å². The van der Waals surface area contributed by atoms with Gasteiger partial charge in [-0.15, -0.1) is 0 Å². The van der Waals surface area contributed by atoms with Crippen molar-refractivity contribution in [3.05, 3.63) is 76.9 Å². The van der Waals surface area contributed by atoms with E-state index in [1.54, 1.807) is 19.1 Å². The zero-order valence-electron chi connectivity index (χ0n) is 21.8. The Hall–Kier alpha value is -2.57. The van der Waals surface area contributed by atoms with Crippen LogP contribution in [0.2, 0.25) is 0 Å². The lowest BCUT2D eigenvalue weighted by molar-refractivity contribution is -0.104. The van der Waals surface area contributed by atoms with Crippen LogP contribution in [0.15, 0.2) is 48.6 Å². The fourth-order valence-electron chi connectivity index (χ4n) is 3.74. The highest BCUT2D eigenvalue weighted by Crippen LogP contribution is 2.23. The number of aldehydes is 1. The van der Waals surface area contributed by atoms with Crippen LogP contribution in [0.4, 0.5) is 8.78 Å². The van der Waals surface area contributed by atoms with Crippen molar-refractivity contribution in [1.82, 2.24) is 0 Å². The van der Waals surface area contributed by atoms with Gasteiger partial charge in [0, 0.05) is 13.2 Å². The van der Waals surface area contributed by atoms with E-state index in [-0.39, 0.29) is 19.1 Å². The number of hydrogen-bond donors (Lipinski definition) is 2. The third-order valence-electron chi connectivity index (χ3n) is 5.88. The van der Waals surface area contributed by atoms with Crippen LogP contribution >= 0.6 is 0 Å². The maximum absolute atomic E-state index is 14.5. The van der Waals surface area contributed by atoms with Gasteiger partial charge in [-0.2, -0.15) is 0 Å². The molecule has 0 radical (unpaired) electrons. The molecule has 0 bridgehead atoms. The van der Waals surface area contributed by atoms with Gasteiger partial charge in [-0.3, -0.25) is 4.79 Å². The number of allylic oxidation sites excluding steroid dienone is 1. The van der Waals surface area contributed by atoms with Gasteiger partial charge >= 0.3 is 0 Å². The molecule has 0 aliphatic carbocycles. The number of rotatable bonds is 16. The van der Waals surface area contributed by atoms with Crippen LogP contribution in [0, 0.1) is 17.6 Å². The number of benzene rings is 2. The summed E-state index contributed by atoms with van der Waals surface area (Å²) in [6.07, 6.45) is 7.20. The molecule has 0 amide bonds. The van der Waals surface area contributed by atoms with Crippen LogP contribution in [0.1, 0.15) is 69.1 Å². The van der Waals surface area contributed by atoms with Crippen molar-refractivity contribution in [3.8, 4) is 5.75 Å². The van der Waals surface area contributed by atoms with Crippen molar-refractivity contribution in [3.63, 3.8) is 0 Å². The molecule has 0 fully saturated rings. The molecule has 200 valence electrons. The van der Waals surface area contributed by atoms with Crippen LogP contribution in [0.5, 0.6) is 5.75 Å². The molecule has 36 heavy (non-hydrogen) atoms. The summed E-state index contributed by atoms with van der Waals surface area (Å²) >= 11 is 0. The number of aliphatic hydroxyl groups is 2. The molecule has 0 saturated heterocycles. The Bertz CT molecular complexity index is 891. The van der Waals surface area contributed by atoms with Gasteiger partial charge in [0.2, 0.25) is 0 Å². The number of unbranched alkanes of at least 4 members (excludes halogenated alkanes) is 2. The van der Waals surface area contributed by atoms with Crippen LogP contribution in [-0.4, -0.2) is 36.3 Å². The predicted molar refractivity (Wildman–Crippen MR) is 141 cm³/mol. The Morgan fingerprint density at radius 2 is 1.50 bits per heavy atom. The van der Waals surface area contributed by atoms with Crippen molar-refractivity contribution in [2.24, 2.45) is 5.92 Å². The third-order valence-corrected chi connectivity index (χ3v) is 5.88. The molecule has 0 heterocycles. The van der Waals surface area contributed by atoms with Gasteiger partial charge in [-0.1, -0.05) is 44.2 Å². The van der Waals surface area contributed by atoms with Gasteiger partial charge in [-0.25, -0.2) is 8.78 Å². The van der Waals surface area contributed by atoms with Crippen molar-refractivity contribution in [2.45, 2.75) is 71.6 Å². The normalized spacial score (nSPS) is 10.6. The molecule has 0 aromatic heterocycles. The summed E-state index contributed by atoms with van der Waals surface area (Å²) in [5.41, 5.74) is 2.50. The van der Waals surface area contributed by atoms with Crippen molar-refractivity contribution in [1.29, 1.82) is 0 Å². The van der Waals surface area contributed by atoms with Crippen LogP contribution < -0.4 is 4.74 Å². The summed E-state index contributed by atoms with van der Waals surface area (Å²) in [7, 11) is 0. The third kappa shape index (κ3) is 12.4. The van der Waals surface area contributed by atoms with Crippen LogP contribution in [0.25, 0.3) is 0 Å². The first-order valence-electron chi connectivity index (χ1n) is 12.9. The molecular weight excluding hydrogens is 462 g/mol. The molecule has 0 spiro atoms. The Morgan fingerprint density at radius 3 is 2.06 bits per heavy atom. The number of carbonyl (C=O) groups is 1. The van der Waals surface area contributed by atoms with E-state index in [1.165, 1.54) is 5.56 Å². The zero-order chi connectivity index (χ0) is 26.8. The summed E-state index contributed by atoms with van der Waals surface area (Å²) in [6, 6.07) is 11.4. The van der Waals surface area contributed by atoms with Crippen LogP contribution in [0.3, 0.4) is 0 Å². The minimum atomic E-state index is -0.794. The maximum Gasteiger partial charge on any atom is 0.162 e. The number of halogens is 2. The average molecular weight is 505 g/mol. The second-order valence-corrected chi connectivity index (χ2v) is 9.12. The van der Waals surface area contributed by atoms with E-state index in [1.807, 2.05) is 12.1 Å². The molecule has 2 aromatic carbocycles. The minimum Gasteiger partial charge on any atom is -0.494 e. The first kappa shape index (κ1) is 31.5. The summed E-state index contributed by atoms with van der Waals surface area (Å²) in [6.45, 7) is 7.78. The van der Waals surface area contributed by atoms with Crippen molar-refractivity contribution < 1.29 is 28.5 Å². The molecule has 0 saturated carbocycles. The number of carbonyl (C=O) groups excluding carboxylic acids is 1. The van der Waals surface area contributed by atoms with E-state index >= 15 is 0 Å². The van der Waals surface area contributed by atoms with Gasteiger partial charge in [0.15, 0.2) is 11.6 Å². The van der Waals surface area contributed by atoms with E-state index in [2.05, 4.69) is 25.6 Å². The van der Waals surface area contributed by atoms with E-state index in [4.69, 9.17) is 14.9 Å². The first-order valence-corrected chi connectivity index (χ1v) is 12.9. The molecule has 2 N–H and O–H groups in total. The number of ether oxygens (including phenoxy) is 1. The highest BCUT2D eigenvalue weighted by atomic mass is 19.2. The Morgan fingerprint density at radius 1 is 0.944 bits per heavy atom. The Kier molecular flexibility index (Phi) is 16.3. The quantitative estimate of drug-likeness (QED) is 0.158. The van der Waals surface area contributed by atoms with E-state index in [9.17, 15) is 13.6 Å². The Balaban J connectivity index is 0.00000118. The predicted octanol–water partition coefficient (Wildman–Crippen LogP) is 6.39. The molecule has 0 aliphatic rings. The lowest BCUT2D eigenvalue weighted by atomic mass is 9.92. The minimum absolute atomic E-state index is 0.0263. The largest absolute Gasteiger partial charge is 0.494 e. The molecular formula is C30H42F2O4. The van der Waals surface area contributed by atoms with Gasteiger partial charge in [0.1, 0.15) is 12.0 Å². The molecule has 0 aliphatic heterocycles. The van der Waals surface area contributed by atoms with Gasteiger partial charge in [-0.05, 0) is 98.6 Å². The highest BCUT2D eigenvalue weighted by molar-refractivity contribution is 5.70. The smallest absolute Gasteiger partial charge is 0.162 e. The lowest BCUT2D eigenvalue weighted by Gasteiger charge is -2.16. The van der Waals surface area contributed by atoms with Gasteiger partial charge in [0.25, 0.3) is 0 Å². The molecule has 4 nitrogen and oxygen atoms in total. The molecule has 0 atom stereocenters. The van der Waals surface area contributed by atoms with Crippen molar-refractivity contribution >= 4 is 6.29 Å². The number of aliphatic hydroxyl groups excluding tert-OH is 2. The summed E-state index contributed by atoms with van der Waals surface area (Å²) in [5, 5.41) is 18.2. The van der Waals surface area contributed by atoms with E-state index in [0.29, 0.717) is 42.4 Å². The summed E-state index contributed by atoms with van der Waals surface area (Å²) in [5.74, 6) is -0.733. The summed E-state index contributed by atoms with van der Waals surface area (Å²) < 4.78 is 34.7. The second kappa shape index (κ2) is 18.7. The average Bonchev–Trinajstić information content (AvgIpc) is 2.87. The van der Waals surface area contributed by atoms with E-state index in [0.717, 1.165) is 50.7 Å². The lowest BCUT2D eigenvalue weighted by Crippen LogP contribution is -2.11. The van der Waals surface area contributed by atoms with E-state index < -0.39 is 11.6 Å². The molecule has 0 unspecified atom stereocenters. The zero-order valence-corrected chi connectivity index (χ0v) is 21.8. The Labute approximate surface area is 215 Å². The second-order valence-electron chi connectivity index (χ2n) is 9.12. The molecule has 6 heteroatoms. The number of hydrogen-bond acceptors (Lipinski definition) is 4. The fraction of sp³-hybridized carbons (Fsp3) is 0.500. The van der Waals surface area contributed by atoms with Gasteiger partial charge in [0.05, 0.1) is 6.61 Å². The maximum atomic E-state index is 14.5.